The number of aryl methyl sites for hydroxylation is 1. The molecule has 1 atom stereocenters. The van der Waals surface area contributed by atoms with Gasteiger partial charge in [-0.2, -0.15) is 11.8 Å². The van der Waals surface area contributed by atoms with Gasteiger partial charge in [-0.3, -0.25) is 9.69 Å². The van der Waals surface area contributed by atoms with Gasteiger partial charge in [0.25, 0.3) is 0 Å². The zero-order chi connectivity index (χ0) is 13.0. The maximum Gasteiger partial charge on any atom is 0.176 e. The van der Waals surface area contributed by atoms with E-state index in [1.54, 1.807) is 0 Å². The molecule has 1 aromatic carbocycles. The Morgan fingerprint density at radius 2 is 2.11 bits per heavy atom. The lowest BCUT2D eigenvalue weighted by Gasteiger charge is -2.32. The van der Waals surface area contributed by atoms with E-state index in [1.165, 1.54) is 5.56 Å². The second-order valence-corrected chi connectivity index (χ2v) is 6.02. The average Bonchev–Trinajstić information content (AvgIpc) is 2.41. The zero-order valence-corrected chi connectivity index (χ0v) is 12.0. The number of benzene rings is 1. The summed E-state index contributed by atoms with van der Waals surface area (Å²) in [7, 11) is 0. The Morgan fingerprint density at radius 1 is 1.39 bits per heavy atom. The first-order chi connectivity index (χ1) is 8.70. The topological polar surface area (TPSA) is 20.3 Å². The molecule has 1 aliphatic rings. The van der Waals surface area contributed by atoms with E-state index in [1.807, 2.05) is 23.9 Å². The van der Waals surface area contributed by atoms with Gasteiger partial charge in [0, 0.05) is 29.7 Å². The molecular weight excluding hydrogens is 242 g/mol. The van der Waals surface area contributed by atoms with E-state index < -0.39 is 0 Å². The summed E-state index contributed by atoms with van der Waals surface area (Å²) in [5, 5.41) is 0. The highest BCUT2D eigenvalue weighted by Gasteiger charge is 2.21. The quantitative estimate of drug-likeness (QED) is 0.779. The van der Waals surface area contributed by atoms with Gasteiger partial charge in [-0.05, 0) is 18.9 Å². The summed E-state index contributed by atoms with van der Waals surface area (Å²) >= 11 is 1.98. The molecule has 0 aliphatic carbocycles. The number of thioether (sulfide) groups is 1. The van der Waals surface area contributed by atoms with Crippen molar-refractivity contribution in [3.8, 4) is 0 Å². The Morgan fingerprint density at radius 3 is 2.72 bits per heavy atom. The van der Waals surface area contributed by atoms with Crippen LogP contribution in [0.1, 0.15) is 29.8 Å². The maximum atomic E-state index is 12.2. The summed E-state index contributed by atoms with van der Waals surface area (Å²) in [6.07, 6.45) is 1.02. The molecule has 1 aromatic rings. The van der Waals surface area contributed by atoms with Crippen LogP contribution in [0, 0.1) is 0 Å². The highest BCUT2D eigenvalue weighted by molar-refractivity contribution is 7.99. The van der Waals surface area contributed by atoms with Gasteiger partial charge in [0.2, 0.25) is 0 Å². The molecule has 1 heterocycles. The second-order valence-electron chi connectivity index (χ2n) is 4.87. The summed E-state index contributed by atoms with van der Waals surface area (Å²) in [5.41, 5.74) is 2.13. The summed E-state index contributed by atoms with van der Waals surface area (Å²) in [6, 6.07) is 8.56. The van der Waals surface area contributed by atoms with Gasteiger partial charge in [-0.15, -0.1) is 0 Å². The second kappa shape index (κ2) is 6.39. The van der Waals surface area contributed by atoms with E-state index in [-0.39, 0.29) is 5.78 Å². The fraction of sp³-hybridized carbons (Fsp3) is 0.533. The number of carbonyl (C=O) groups excluding carboxylic acids is 1. The van der Waals surface area contributed by atoms with Crippen LogP contribution in [0.15, 0.2) is 24.3 Å². The molecule has 0 saturated carbocycles. The van der Waals surface area contributed by atoms with Crippen molar-refractivity contribution in [1.29, 1.82) is 0 Å². The van der Waals surface area contributed by atoms with Gasteiger partial charge < -0.3 is 0 Å². The third kappa shape index (κ3) is 3.36. The molecule has 0 radical (unpaired) electrons. The van der Waals surface area contributed by atoms with E-state index in [0.29, 0.717) is 12.6 Å². The minimum atomic E-state index is 0.247. The van der Waals surface area contributed by atoms with E-state index >= 15 is 0 Å². The molecule has 1 saturated heterocycles. The minimum absolute atomic E-state index is 0.247. The van der Waals surface area contributed by atoms with Crippen LogP contribution in [0.5, 0.6) is 0 Å². The van der Waals surface area contributed by atoms with Crippen molar-refractivity contribution in [2.24, 2.45) is 0 Å². The maximum absolute atomic E-state index is 12.2. The van der Waals surface area contributed by atoms with Crippen molar-refractivity contribution in [2.45, 2.75) is 26.3 Å². The Balaban J connectivity index is 1.97. The molecule has 98 valence electrons. The lowest BCUT2D eigenvalue weighted by atomic mass is 10.1. The van der Waals surface area contributed by atoms with Gasteiger partial charge in [-0.25, -0.2) is 0 Å². The lowest BCUT2D eigenvalue weighted by molar-refractivity contribution is 0.0911. The van der Waals surface area contributed by atoms with Crippen LogP contribution < -0.4 is 0 Å². The predicted molar refractivity (Wildman–Crippen MR) is 78.5 cm³/mol. The molecule has 1 fully saturated rings. The highest BCUT2D eigenvalue weighted by Crippen LogP contribution is 2.16. The average molecular weight is 263 g/mol. The van der Waals surface area contributed by atoms with E-state index in [4.69, 9.17) is 0 Å². The molecule has 0 bridgehead atoms. The third-order valence-corrected chi connectivity index (χ3v) is 4.73. The van der Waals surface area contributed by atoms with Crippen LogP contribution >= 0.6 is 11.8 Å². The van der Waals surface area contributed by atoms with Crippen molar-refractivity contribution in [1.82, 2.24) is 4.90 Å². The first-order valence-corrected chi connectivity index (χ1v) is 7.80. The summed E-state index contributed by atoms with van der Waals surface area (Å²) in [5.74, 6) is 2.53. The molecule has 0 aromatic heterocycles. The number of ketones is 1. The molecule has 2 nitrogen and oxygen atoms in total. The molecular formula is C15H21NOS. The van der Waals surface area contributed by atoms with Crippen molar-refractivity contribution < 1.29 is 4.79 Å². The predicted octanol–water partition coefficient (Wildman–Crippen LogP) is 2.87. The lowest BCUT2D eigenvalue weighted by Crippen LogP contribution is -2.43. The van der Waals surface area contributed by atoms with Crippen molar-refractivity contribution >= 4 is 17.5 Å². The van der Waals surface area contributed by atoms with E-state index in [0.717, 1.165) is 30.0 Å². The van der Waals surface area contributed by atoms with Crippen LogP contribution in [0.25, 0.3) is 0 Å². The van der Waals surface area contributed by atoms with Crippen LogP contribution in [-0.2, 0) is 6.42 Å². The molecule has 0 spiro atoms. The number of nitrogens with zero attached hydrogens (tertiary/aromatic N) is 1. The van der Waals surface area contributed by atoms with Crippen LogP contribution in [0.4, 0.5) is 0 Å². The van der Waals surface area contributed by atoms with E-state index in [9.17, 15) is 4.79 Å². The summed E-state index contributed by atoms with van der Waals surface area (Å²) < 4.78 is 0. The molecule has 1 aliphatic heterocycles. The van der Waals surface area contributed by atoms with Crippen LogP contribution in [-0.4, -0.2) is 41.3 Å². The fourth-order valence-electron chi connectivity index (χ4n) is 2.20. The number of Topliss-reactive ketones (excluding diaryl/α,β-unsaturated/α-hetero) is 1. The number of rotatable bonds is 4. The smallest absolute Gasteiger partial charge is 0.176 e. The Kier molecular flexibility index (Phi) is 4.84. The van der Waals surface area contributed by atoms with Gasteiger partial charge in [-0.1, -0.05) is 31.2 Å². The van der Waals surface area contributed by atoms with Crippen molar-refractivity contribution in [3.05, 3.63) is 35.4 Å². The molecule has 18 heavy (non-hydrogen) atoms. The normalized spacial score (nSPS) is 20.9. The number of hydrogen-bond acceptors (Lipinski definition) is 3. The Bertz CT molecular complexity index is 401. The van der Waals surface area contributed by atoms with Gasteiger partial charge in [0.1, 0.15) is 0 Å². The largest absolute Gasteiger partial charge is 0.293 e. The van der Waals surface area contributed by atoms with Gasteiger partial charge in [0.05, 0.1) is 6.54 Å². The molecule has 2 rings (SSSR count). The molecule has 3 heteroatoms. The minimum Gasteiger partial charge on any atom is -0.293 e. The monoisotopic (exact) mass is 263 g/mol. The standard InChI is InChI=1S/C15H21NOS/c1-3-13-4-6-14(7-5-13)15(17)10-16-8-9-18-11-12(16)2/h4-7,12H,3,8-11H2,1-2H3. The zero-order valence-electron chi connectivity index (χ0n) is 11.2. The summed E-state index contributed by atoms with van der Waals surface area (Å²) in [6.45, 7) is 5.93. The SMILES string of the molecule is CCc1ccc(C(=O)CN2CCSCC2C)cc1. The molecule has 0 amide bonds. The fourth-order valence-corrected chi connectivity index (χ4v) is 3.28. The first kappa shape index (κ1) is 13.6. The van der Waals surface area contributed by atoms with E-state index in [2.05, 4.69) is 30.9 Å². The van der Waals surface area contributed by atoms with Gasteiger partial charge in [0.15, 0.2) is 5.78 Å². The highest BCUT2D eigenvalue weighted by atomic mass is 32.2. The molecule has 1 unspecified atom stereocenters. The Labute approximate surface area is 114 Å². The van der Waals surface area contributed by atoms with Crippen molar-refractivity contribution in [2.75, 3.05) is 24.6 Å². The number of hydrogen-bond donors (Lipinski definition) is 0. The Hall–Kier alpha value is -0.800. The van der Waals surface area contributed by atoms with Crippen LogP contribution in [0.2, 0.25) is 0 Å². The summed E-state index contributed by atoms with van der Waals surface area (Å²) in [4.78, 5) is 14.5. The van der Waals surface area contributed by atoms with Crippen LogP contribution in [0.3, 0.4) is 0 Å². The van der Waals surface area contributed by atoms with Gasteiger partial charge >= 0.3 is 0 Å². The third-order valence-electron chi connectivity index (χ3n) is 3.54. The van der Waals surface area contributed by atoms with Crippen molar-refractivity contribution in [3.63, 3.8) is 0 Å². The number of carbonyl (C=O) groups is 1. The first-order valence-electron chi connectivity index (χ1n) is 6.64. The molecule has 0 N–H and O–H groups in total.